The zero-order chi connectivity index (χ0) is 12.1. The van der Waals surface area contributed by atoms with Gasteiger partial charge < -0.3 is 10.4 Å². The van der Waals surface area contributed by atoms with Gasteiger partial charge in [-0.3, -0.25) is 4.79 Å². The van der Waals surface area contributed by atoms with Crippen LogP contribution >= 0.6 is 0 Å². The summed E-state index contributed by atoms with van der Waals surface area (Å²) in [5, 5.41) is 11.3. The lowest BCUT2D eigenvalue weighted by Crippen LogP contribution is -2.21. The molecule has 1 atom stereocenters. The number of carbonyl (C=O) groups is 1. The third-order valence-electron chi connectivity index (χ3n) is 2.06. The van der Waals surface area contributed by atoms with E-state index in [2.05, 4.69) is 15.3 Å². The molecule has 1 aromatic heterocycles. The normalized spacial score (nSPS) is 12.2. The summed E-state index contributed by atoms with van der Waals surface area (Å²) in [6, 6.07) is -0.383. The zero-order valence-electron chi connectivity index (χ0n) is 9.20. The van der Waals surface area contributed by atoms with Crippen molar-refractivity contribution >= 4 is 11.8 Å². The first kappa shape index (κ1) is 12.4. The van der Waals surface area contributed by atoms with Crippen LogP contribution in [0.1, 0.15) is 26.0 Å². The maximum atomic E-state index is 13.6. The van der Waals surface area contributed by atoms with Crippen molar-refractivity contribution < 1.29 is 14.3 Å². The second-order valence-electron chi connectivity index (χ2n) is 3.48. The molecule has 6 heteroatoms. The third kappa shape index (κ3) is 3.15. The number of carboxylic acids is 1. The zero-order valence-corrected chi connectivity index (χ0v) is 9.20. The van der Waals surface area contributed by atoms with E-state index >= 15 is 0 Å². The molecule has 16 heavy (non-hydrogen) atoms. The Morgan fingerprint density at radius 3 is 2.88 bits per heavy atom. The number of anilines is 1. The molecule has 0 aliphatic heterocycles. The van der Waals surface area contributed by atoms with Gasteiger partial charge in [0.05, 0.1) is 12.1 Å². The van der Waals surface area contributed by atoms with Crippen LogP contribution in [0.5, 0.6) is 0 Å². The lowest BCUT2D eigenvalue weighted by atomic mass is 10.2. The molecule has 0 aromatic carbocycles. The summed E-state index contributed by atoms with van der Waals surface area (Å²) < 4.78 is 13.6. The molecular formula is C10H14FN3O2. The summed E-state index contributed by atoms with van der Waals surface area (Å²) in [7, 11) is 0. The first-order valence-electron chi connectivity index (χ1n) is 5.02. The summed E-state index contributed by atoms with van der Waals surface area (Å²) in [6.07, 6.45) is 1.64. The topological polar surface area (TPSA) is 75.1 Å². The van der Waals surface area contributed by atoms with Crippen molar-refractivity contribution in [3.63, 3.8) is 0 Å². The van der Waals surface area contributed by atoms with Crippen LogP contribution in [-0.2, 0) is 11.2 Å². The minimum atomic E-state index is -0.940. The van der Waals surface area contributed by atoms with Gasteiger partial charge in [0, 0.05) is 6.04 Å². The number of hydrogen-bond donors (Lipinski definition) is 2. The summed E-state index contributed by atoms with van der Waals surface area (Å²) >= 11 is 0. The second kappa shape index (κ2) is 5.39. The Balaban J connectivity index is 2.77. The van der Waals surface area contributed by atoms with Gasteiger partial charge in [0.15, 0.2) is 11.6 Å². The van der Waals surface area contributed by atoms with E-state index in [9.17, 15) is 9.18 Å². The first-order valence-corrected chi connectivity index (χ1v) is 5.02. The Bertz CT molecular complexity index is 384. The predicted molar refractivity (Wildman–Crippen MR) is 56.7 cm³/mol. The fourth-order valence-electron chi connectivity index (χ4n) is 1.30. The first-order chi connectivity index (χ1) is 7.54. The van der Waals surface area contributed by atoms with Crippen molar-refractivity contribution in [2.45, 2.75) is 32.7 Å². The van der Waals surface area contributed by atoms with E-state index in [-0.39, 0.29) is 18.3 Å². The Labute approximate surface area is 92.7 Å². The Kier molecular flexibility index (Phi) is 4.16. The highest BCUT2D eigenvalue weighted by atomic mass is 19.1. The summed E-state index contributed by atoms with van der Waals surface area (Å²) in [5.41, 5.74) is 0.319. The van der Waals surface area contributed by atoms with Crippen LogP contribution in [0.25, 0.3) is 0 Å². The third-order valence-corrected chi connectivity index (χ3v) is 2.06. The molecule has 0 fully saturated rings. The molecule has 0 saturated heterocycles. The van der Waals surface area contributed by atoms with E-state index in [0.29, 0.717) is 12.1 Å². The number of carboxylic acid groups (broad SMARTS) is 1. The van der Waals surface area contributed by atoms with Crippen molar-refractivity contribution in [3.05, 3.63) is 17.8 Å². The Morgan fingerprint density at radius 2 is 2.31 bits per heavy atom. The Morgan fingerprint density at radius 1 is 1.62 bits per heavy atom. The van der Waals surface area contributed by atoms with Crippen LogP contribution in [0.2, 0.25) is 0 Å². The molecule has 5 nitrogen and oxygen atoms in total. The summed E-state index contributed by atoms with van der Waals surface area (Å²) in [6.45, 7) is 3.44. The van der Waals surface area contributed by atoms with E-state index in [1.165, 1.54) is 6.33 Å². The van der Waals surface area contributed by atoms with Gasteiger partial charge in [0.1, 0.15) is 6.33 Å². The fourth-order valence-corrected chi connectivity index (χ4v) is 1.30. The highest BCUT2D eigenvalue weighted by Gasteiger charge is 2.13. The van der Waals surface area contributed by atoms with Crippen LogP contribution in [-0.4, -0.2) is 27.1 Å². The molecule has 0 amide bonds. The van der Waals surface area contributed by atoms with Gasteiger partial charge in [0.25, 0.3) is 0 Å². The smallest absolute Gasteiger partial charge is 0.305 e. The maximum absolute atomic E-state index is 13.6. The predicted octanol–water partition coefficient (Wildman–Crippen LogP) is 1.45. The number of halogens is 1. The molecule has 0 aliphatic rings. The number of hydrogen-bond acceptors (Lipinski definition) is 4. The van der Waals surface area contributed by atoms with Crippen LogP contribution in [0.3, 0.4) is 0 Å². The molecule has 1 aromatic rings. The van der Waals surface area contributed by atoms with Crippen LogP contribution < -0.4 is 5.32 Å². The molecule has 1 rings (SSSR count). The molecule has 1 unspecified atom stereocenters. The van der Waals surface area contributed by atoms with Gasteiger partial charge >= 0.3 is 5.97 Å². The lowest BCUT2D eigenvalue weighted by molar-refractivity contribution is -0.137. The fraction of sp³-hybridized carbons (Fsp3) is 0.500. The second-order valence-corrected chi connectivity index (χ2v) is 3.48. The number of nitrogens with one attached hydrogen (secondary N) is 1. The van der Waals surface area contributed by atoms with Crippen molar-refractivity contribution in [1.29, 1.82) is 0 Å². The maximum Gasteiger partial charge on any atom is 0.305 e. The minimum absolute atomic E-state index is 0.0561. The molecular weight excluding hydrogens is 213 g/mol. The SMILES string of the molecule is CCc1ncnc(NC(C)CC(=O)O)c1F. The van der Waals surface area contributed by atoms with Gasteiger partial charge in [-0.2, -0.15) is 0 Å². The number of aliphatic carboxylic acids is 1. The molecule has 2 N–H and O–H groups in total. The highest BCUT2D eigenvalue weighted by molar-refractivity contribution is 5.68. The van der Waals surface area contributed by atoms with Gasteiger partial charge in [-0.25, -0.2) is 14.4 Å². The van der Waals surface area contributed by atoms with Crippen molar-refractivity contribution in [2.75, 3.05) is 5.32 Å². The van der Waals surface area contributed by atoms with E-state index in [1.54, 1.807) is 13.8 Å². The summed E-state index contributed by atoms with van der Waals surface area (Å²) in [5.74, 6) is -1.40. The number of nitrogens with zero attached hydrogens (tertiary/aromatic N) is 2. The van der Waals surface area contributed by atoms with Gasteiger partial charge in [0.2, 0.25) is 0 Å². The molecule has 0 aliphatic carbocycles. The van der Waals surface area contributed by atoms with Crippen molar-refractivity contribution in [2.24, 2.45) is 0 Å². The number of aryl methyl sites for hydroxylation is 1. The standard InChI is InChI=1S/C10H14FN3O2/c1-3-7-9(11)10(13-5-12-7)14-6(2)4-8(15)16/h5-6H,3-4H2,1-2H3,(H,15,16)(H,12,13,14). The molecule has 1 heterocycles. The average Bonchev–Trinajstić information content (AvgIpc) is 2.20. The van der Waals surface area contributed by atoms with Gasteiger partial charge in [-0.1, -0.05) is 6.92 Å². The van der Waals surface area contributed by atoms with Crippen LogP contribution in [0, 0.1) is 5.82 Å². The number of aromatic nitrogens is 2. The van der Waals surface area contributed by atoms with Crippen molar-refractivity contribution in [3.8, 4) is 0 Å². The molecule has 0 bridgehead atoms. The van der Waals surface area contributed by atoms with Crippen LogP contribution in [0.15, 0.2) is 6.33 Å². The highest BCUT2D eigenvalue weighted by Crippen LogP contribution is 2.14. The molecule has 0 saturated carbocycles. The van der Waals surface area contributed by atoms with E-state index in [1.807, 2.05) is 0 Å². The van der Waals surface area contributed by atoms with Crippen LogP contribution in [0.4, 0.5) is 10.2 Å². The quantitative estimate of drug-likeness (QED) is 0.796. The van der Waals surface area contributed by atoms with E-state index in [0.717, 1.165) is 0 Å². The van der Waals surface area contributed by atoms with E-state index in [4.69, 9.17) is 5.11 Å². The average molecular weight is 227 g/mol. The molecule has 0 radical (unpaired) electrons. The Hall–Kier alpha value is -1.72. The minimum Gasteiger partial charge on any atom is -0.481 e. The van der Waals surface area contributed by atoms with Crippen molar-refractivity contribution in [1.82, 2.24) is 9.97 Å². The summed E-state index contributed by atoms with van der Waals surface area (Å²) in [4.78, 5) is 18.0. The molecule has 88 valence electrons. The largest absolute Gasteiger partial charge is 0.481 e. The van der Waals surface area contributed by atoms with E-state index < -0.39 is 11.8 Å². The lowest BCUT2D eigenvalue weighted by Gasteiger charge is -2.13. The molecule has 0 spiro atoms. The van der Waals surface area contributed by atoms with Gasteiger partial charge in [-0.15, -0.1) is 0 Å². The van der Waals surface area contributed by atoms with Gasteiger partial charge in [-0.05, 0) is 13.3 Å². The number of rotatable bonds is 5. The monoisotopic (exact) mass is 227 g/mol.